The lowest BCUT2D eigenvalue weighted by atomic mass is 10.1. The first-order valence-electron chi connectivity index (χ1n) is 7.01. The van der Waals surface area contributed by atoms with Crippen molar-refractivity contribution in [2.24, 2.45) is 0 Å². The van der Waals surface area contributed by atoms with Gasteiger partial charge in [-0.15, -0.1) is 0 Å². The first-order valence-corrected chi connectivity index (χ1v) is 9.00. The molecule has 1 aliphatic rings. The Morgan fingerprint density at radius 1 is 1.35 bits per heavy atom. The number of sulfonamides is 1. The van der Waals surface area contributed by atoms with Crippen LogP contribution in [0.1, 0.15) is 26.2 Å². The number of nitrogens with zero attached hydrogens (tertiary/aromatic N) is 1. The molecule has 6 heteroatoms. The van der Waals surface area contributed by atoms with Crippen LogP contribution in [-0.4, -0.2) is 37.6 Å². The highest BCUT2D eigenvalue weighted by molar-refractivity contribution is 7.89. The van der Waals surface area contributed by atoms with E-state index in [9.17, 15) is 8.42 Å². The van der Waals surface area contributed by atoms with Gasteiger partial charge in [-0.25, -0.2) is 12.7 Å². The third kappa shape index (κ3) is 4.11. The molecule has 2 rings (SSSR count). The second-order valence-electron chi connectivity index (χ2n) is 5.14. The molecule has 0 aromatic heterocycles. The minimum Gasteiger partial charge on any atom is -0.382 e. The van der Waals surface area contributed by atoms with Crippen molar-refractivity contribution in [3.8, 4) is 0 Å². The highest BCUT2D eigenvalue weighted by Gasteiger charge is 2.27. The van der Waals surface area contributed by atoms with Crippen LogP contribution >= 0.6 is 11.6 Å². The van der Waals surface area contributed by atoms with Crippen molar-refractivity contribution < 1.29 is 8.42 Å². The number of piperidine rings is 1. The highest BCUT2D eigenvalue weighted by Crippen LogP contribution is 2.21. The van der Waals surface area contributed by atoms with E-state index in [1.165, 1.54) is 0 Å². The topological polar surface area (TPSA) is 49.4 Å². The van der Waals surface area contributed by atoms with Gasteiger partial charge in [-0.05, 0) is 37.5 Å². The smallest absolute Gasteiger partial charge is 0.214 e. The van der Waals surface area contributed by atoms with Gasteiger partial charge in [0.25, 0.3) is 0 Å². The van der Waals surface area contributed by atoms with Gasteiger partial charge in [-0.3, -0.25) is 0 Å². The molecule has 4 nitrogen and oxygen atoms in total. The predicted octanol–water partition coefficient (Wildman–Crippen LogP) is 2.96. The number of anilines is 1. The standard InChI is InChI=1S/C14H21ClN2O2S/c1-2-10-20(18,19)17-8-6-13(7-9-17)16-14-5-3-4-12(15)11-14/h3-5,11,13,16H,2,6-10H2,1H3. The van der Waals surface area contributed by atoms with Crippen molar-refractivity contribution in [1.82, 2.24) is 4.31 Å². The van der Waals surface area contributed by atoms with E-state index in [2.05, 4.69) is 5.32 Å². The van der Waals surface area contributed by atoms with Crippen LogP contribution in [0.4, 0.5) is 5.69 Å². The molecule has 1 aromatic rings. The Balaban J connectivity index is 1.89. The summed E-state index contributed by atoms with van der Waals surface area (Å²) in [4.78, 5) is 0. The van der Waals surface area contributed by atoms with Crippen molar-refractivity contribution in [2.75, 3.05) is 24.2 Å². The quantitative estimate of drug-likeness (QED) is 0.908. The summed E-state index contributed by atoms with van der Waals surface area (Å²) < 4.78 is 25.6. The molecule has 112 valence electrons. The molecule has 1 saturated heterocycles. The monoisotopic (exact) mass is 316 g/mol. The van der Waals surface area contributed by atoms with Gasteiger partial charge in [0.15, 0.2) is 0 Å². The zero-order valence-corrected chi connectivity index (χ0v) is 13.3. The van der Waals surface area contributed by atoms with E-state index >= 15 is 0 Å². The minimum absolute atomic E-state index is 0.249. The number of hydrogen-bond donors (Lipinski definition) is 1. The molecule has 1 N–H and O–H groups in total. The first kappa shape index (κ1) is 15.6. The fraction of sp³-hybridized carbons (Fsp3) is 0.571. The molecule has 1 aromatic carbocycles. The van der Waals surface area contributed by atoms with Gasteiger partial charge < -0.3 is 5.32 Å². The third-order valence-electron chi connectivity index (χ3n) is 3.50. The van der Waals surface area contributed by atoms with Crippen LogP contribution in [0.2, 0.25) is 5.02 Å². The van der Waals surface area contributed by atoms with E-state index in [4.69, 9.17) is 11.6 Å². The van der Waals surface area contributed by atoms with Gasteiger partial charge in [-0.1, -0.05) is 24.6 Å². The fourth-order valence-electron chi connectivity index (χ4n) is 2.48. The lowest BCUT2D eigenvalue weighted by Gasteiger charge is -2.32. The Morgan fingerprint density at radius 2 is 2.05 bits per heavy atom. The van der Waals surface area contributed by atoms with E-state index in [-0.39, 0.29) is 5.75 Å². The molecule has 0 spiro atoms. The Kier molecular flexibility index (Phi) is 5.29. The van der Waals surface area contributed by atoms with Gasteiger partial charge in [0.1, 0.15) is 0 Å². The van der Waals surface area contributed by atoms with Crippen LogP contribution in [-0.2, 0) is 10.0 Å². The molecule has 0 unspecified atom stereocenters. The van der Waals surface area contributed by atoms with Crippen molar-refractivity contribution in [3.63, 3.8) is 0 Å². The molecule has 1 heterocycles. The summed E-state index contributed by atoms with van der Waals surface area (Å²) in [6.45, 7) is 3.09. The van der Waals surface area contributed by atoms with Crippen LogP contribution in [0.25, 0.3) is 0 Å². The Labute approximate surface area is 126 Å². The third-order valence-corrected chi connectivity index (χ3v) is 5.82. The maximum Gasteiger partial charge on any atom is 0.214 e. The molecular formula is C14H21ClN2O2S. The summed E-state index contributed by atoms with van der Waals surface area (Å²) in [7, 11) is -3.05. The van der Waals surface area contributed by atoms with Crippen LogP contribution in [0.5, 0.6) is 0 Å². The zero-order chi connectivity index (χ0) is 14.6. The predicted molar refractivity (Wildman–Crippen MR) is 83.7 cm³/mol. The molecule has 0 atom stereocenters. The van der Waals surface area contributed by atoms with Crippen LogP contribution in [0.3, 0.4) is 0 Å². The average molecular weight is 317 g/mol. The Morgan fingerprint density at radius 3 is 2.65 bits per heavy atom. The van der Waals surface area contributed by atoms with E-state index < -0.39 is 10.0 Å². The maximum atomic E-state index is 12.0. The summed E-state index contributed by atoms with van der Waals surface area (Å²) in [6.07, 6.45) is 2.33. The molecule has 0 saturated carbocycles. The average Bonchev–Trinajstić information content (AvgIpc) is 2.39. The molecule has 1 fully saturated rings. The number of rotatable bonds is 5. The molecule has 0 bridgehead atoms. The molecule has 20 heavy (non-hydrogen) atoms. The van der Waals surface area contributed by atoms with Gasteiger partial charge >= 0.3 is 0 Å². The largest absolute Gasteiger partial charge is 0.382 e. The van der Waals surface area contributed by atoms with Crippen molar-refractivity contribution in [1.29, 1.82) is 0 Å². The van der Waals surface area contributed by atoms with E-state index in [0.717, 1.165) is 18.5 Å². The van der Waals surface area contributed by atoms with Gasteiger partial charge in [0, 0.05) is 29.8 Å². The molecule has 0 aliphatic carbocycles. The van der Waals surface area contributed by atoms with Gasteiger partial charge in [-0.2, -0.15) is 0 Å². The molecule has 0 radical (unpaired) electrons. The van der Waals surface area contributed by atoms with E-state index in [1.54, 1.807) is 4.31 Å². The van der Waals surface area contributed by atoms with Crippen LogP contribution < -0.4 is 5.32 Å². The lowest BCUT2D eigenvalue weighted by molar-refractivity contribution is 0.329. The number of nitrogens with one attached hydrogen (secondary N) is 1. The summed E-state index contributed by atoms with van der Waals surface area (Å²) in [6, 6.07) is 7.92. The molecular weight excluding hydrogens is 296 g/mol. The molecule has 1 aliphatic heterocycles. The SMILES string of the molecule is CCCS(=O)(=O)N1CCC(Nc2cccc(Cl)c2)CC1. The van der Waals surface area contributed by atoms with Crippen LogP contribution in [0.15, 0.2) is 24.3 Å². The normalized spacial score (nSPS) is 18.1. The van der Waals surface area contributed by atoms with Crippen molar-refractivity contribution in [2.45, 2.75) is 32.2 Å². The van der Waals surface area contributed by atoms with Crippen molar-refractivity contribution >= 4 is 27.3 Å². The number of hydrogen-bond acceptors (Lipinski definition) is 3. The van der Waals surface area contributed by atoms with Gasteiger partial charge in [0.05, 0.1) is 5.75 Å². The summed E-state index contributed by atoms with van der Waals surface area (Å²) in [5.74, 6) is 0.249. The second-order valence-corrected chi connectivity index (χ2v) is 7.67. The minimum atomic E-state index is -3.05. The Bertz CT molecular complexity index is 540. The first-order chi connectivity index (χ1) is 9.51. The highest BCUT2D eigenvalue weighted by atomic mass is 35.5. The summed E-state index contributed by atoms with van der Waals surface area (Å²) in [5.41, 5.74) is 0.993. The second kappa shape index (κ2) is 6.78. The molecule has 0 amide bonds. The number of halogens is 1. The maximum absolute atomic E-state index is 12.0. The van der Waals surface area contributed by atoms with Crippen LogP contribution in [0, 0.1) is 0 Å². The summed E-state index contributed by atoms with van der Waals surface area (Å²) in [5, 5.41) is 4.13. The number of benzene rings is 1. The fourth-order valence-corrected chi connectivity index (χ4v) is 4.21. The van der Waals surface area contributed by atoms with Crippen molar-refractivity contribution in [3.05, 3.63) is 29.3 Å². The lowest BCUT2D eigenvalue weighted by Crippen LogP contribution is -2.43. The Hall–Kier alpha value is -0.780. The van der Waals surface area contributed by atoms with E-state index in [0.29, 0.717) is 30.6 Å². The summed E-state index contributed by atoms with van der Waals surface area (Å²) >= 11 is 5.95. The zero-order valence-electron chi connectivity index (χ0n) is 11.7. The van der Waals surface area contributed by atoms with Gasteiger partial charge in [0.2, 0.25) is 10.0 Å². The van der Waals surface area contributed by atoms with E-state index in [1.807, 2.05) is 31.2 Å².